The van der Waals surface area contributed by atoms with Gasteiger partial charge in [0, 0.05) is 30.9 Å². The standard InChI is InChI=1S/C20H22N2O2/c1-21-12-7-10-16(21)17-9-3-2-6-13-22(17)20(23)19-14-15-8-4-5-11-18(15)24-19/h4-5,7-8,10-12,14,17H,2-3,6,9,13H2,1H3/t17-/m0/s1. The number of amides is 1. The van der Waals surface area contributed by atoms with E-state index in [0.29, 0.717) is 5.76 Å². The van der Waals surface area contributed by atoms with Crippen molar-refractivity contribution in [3.05, 3.63) is 60.1 Å². The SMILES string of the molecule is Cn1cccc1[C@@H]1CCCCCN1C(=O)c1cc2ccccc2o1. The second-order valence-electron chi connectivity index (χ2n) is 6.56. The van der Waals surface area contributed by atoms with E-state index in [1.54, 1.807) is 0 Å². The Morgan fingerprint density at radius 3 is 2.79 bits per heavy atom. The van der Waals surface area contributed by atoms with Gasteiger partial charge in [0.05, 0.1) is 6.04 Å². The van der Waals surface area contributed by atoms with E-state index in [2.05, 4.69) is 10.6 Å². The monoisotopic (exact) mass is 322 g/mol. The van der Waals surface area contributed by atoms with Gasteiger partial charge in [-0.25, -0.2) is 0 Å². The molecule has 3 aromatic rings. The van der Waals surface area contributed by atoms with Gasteiger partial charge in [0.25, 0.3) is 5.91 Å². The zero-order valence-electron chi connectivity index (χ0n) is 13.9. The molecule has 0 aliphatic carbocycles. The van der Waals surface area contributed by atoms with Gasteiger partial charge < -0.3 is 13.9 Å². The van der Waals surface area contributed by atoms with E-state index >= 15 is 0 Å². The third-order valence-electron chi connectivity index (χ3n) is 4.98. The first kappa shape index (κ1) is 15.1. The van der Waals surface area contributed by atoms with Crippen LogP contribution in [0.25, 0.3) is 11.0 Å². The van der Waals surface area contributed by atoms with Crippen molar-refractivity contribution in [3.8, 4) is 0 Å². The molecule has 1 aromatic carbocycles. The number of hydrogen-bond donors (Lipinski definition) is 0. The van der Waals surface area contributed by atoms with E-state index in [1.807, 2.05) is 54.5 Å². The molecule has 0 unspecified atom stereocenters. The van der Waals surface area contributed by atoms with Crippen LogP contribution in [0.1, 0.15) is 48.0 Å². The predicted molar refractivity (Wildman–Crippen MR) is 93.9 cm³/mol. The van der Waals surface area contributed by atoms with Gasteiger partial charge in [0.1, 0.15) is 5.58 Å². The zero-order valence-corrected chi connectivity index (χ0v) is 13.9. The molecule has 4 nitrogen and oxygen atoms in total. The van der Waals surface area contributed by atoms with Crippen LogP contribution in [0.4, 0.5) is 0 Å². The molecule has 0 N–H and O–H groups in total. The lowest BCUT2D eigenvalue weighted by atomic mass is 10.1. The quantitative estimate of drug-likeness (QED) is 0.695. The van der Waals surface area contributed by atoms with Crippen molar-refractivity contribution in [2.24, 2.45) is 7.05 Å². The number of para-hydroxylation sites is 1. The Labute approximate surface area is 141 Å². The molecule has 1 aliphatic rings. The molecule has 4 rings (SSSR count). The minimum absolute atomic E-state index is 0.000648. The fraction of sp³-hybridized carbons (Fsp3) is 0.350. The maximum Gasteiger partial charge on any atom is 0.290 e. The summed E-state index contributed by atoms with van der Waals surface area (Å²) in [6, 6.07) is 13.9. The summed E-state index contributed by atoms with van der Waals surface area (Å²) in [5.74, 6) is 0.441. The first-order valence-corrected chi connectivity index (χ1v) is 8.65. The predicted octanol–water partition coefficient (Wildman–Crippen LogP) is 4.53. The van der Waals surface area contributed by atoms with Gasteiger partial charge in [-0.2, -0.15) is 0 Å². The number of hydrogen-bond acceptors (Lipinski definition) is 2. The number of rotatable bonds is 2. The molecule has 1 atom stereocenters. The lowest BCUT2D eigenvalue weighted by molar-refractivity contribution is 0.0644. The van der Waals surface area contributed by atoms with Crippen molar-refractivity contribution in [1.29, 1.82) is 0 Å². The van der Waals surface area contributed by atoms with Crippen LogP contribution in [0.2, 0.25) is 0 Å². The third-order valence-corrected chi connectivity index (χ3v) is 4.98. The van der Waals surface area contributed by atoms with Crippen LogP contribution < -0.4 is 0 Å². The lowest BCUT2D eigenvalue weighted by Crippen LogP contribution is -2.35. The molecule has 0 bridgehead atoms. The Morgan fingerprint density at radius 2 is 2.00 bits per heavy atom. The fourth-order valence-electron chi connectivity index (χ4n) is 3.71. The first-order valence-electron chi connectivity index (χ1n) is 8.65. The summed E-state index contributed by atoms with van der Waals surface area (Å²) in [6.45, 7) is 0.783. The van der Waals surface area contributed by atoms with Crippen LogP contribution in [-0.4, -0.2) is 21.9 Å². The van der Waals surface area contributed by atoms with E-state index in [9.17, 15) is 4.79 Å². The molecule has 3 heterocycles. The summed E-state index contributed by atoms with van der Waals surface area (Å²) in [6.07, 6.45) is 6.42. The molecular formula is C20H22N2O2. The van der Waals surface area contributed by atoms with Gasteiger partial charge >= 0.3 is 0 Å². The highest BCUT2D eigenvalue weighted by Crippen LogP contribution is 2.32. The molecule has 1 saturated heterocycles. The van der Waals surface area contributed by atoms with Crippen molar-refractivity contribution in [1.82, 2.24) is 9.47 Å². The van der Waals surface area contributed by atoms with E-state index in [1.165, 1.54) is 12.1 Å². The Hall–Kier alpha value is -2.49. The Balaban J connectivity index is 1.70. The molecule has 1 fully saturated rings. The van der Waals surface area contributed by atoms with E-state index in [0.717, 1.165) is 36.8 Å². The highest BCUT2D eigenvalue weighted by molar-refractivity contribution is 5.96. The zero-order chi connectivity index (χ0) is 16.5. The minimum Gasteiger partial charge on any atom is -0.451 e. The fourth-order valence-corrected chi connectivity index (χ4v) is 3.71. The summed E-state index contributed by atoms with van der Waals surface area (Å²) in [5, 5.41) is 0.978. The summed E-state index contributed by atoms with van der Waals surface area (Å²) in [4.78, 5) is 15.2. The van der Waals surface area contributed by atoms with Crippen LogP contribution in [-0.2, 0) is 7.05 Å². The Bertz CT molecular complexity index is 828. The molecule has 1 aliphatic heterocycles. The highest BCUT2D eigenvalue weighted by Gasteiger charge is 2.30. The second kappa shape index (κ2) is 6.19. The number of aryl methyl sites for hydroxylation is 1. The van der Waals surface area contributed by atoms with Crippen molar-refractivity contribution in [3.63, 3.8) is 0 Å². The number of likely N-dealkylation sites (tertiary alicyclic amines) is 1. The van der Waals surface area contributed by atoms with Crippen LogP contribution in [0.3, 0.4) is 0 Å². The number of carbonyl (C=O) groups is 1. The topological polar surface area (TPSA) is 38.4 Å². The van der Waals surface area contributed by atoms with E-state index in [-0.39, 0.29) is 11.9 Å². The molecule has 4 heteroatoms. The number of aromatic nitrogens is 1. The van der Waals surface area contributed by atoms with Crippen LogP contribution in [0.15, 0.2) is 53.1 Å². The largest absolute Gasteiger partial charge is 0.451 e. The number of fused-ring (bicyclic) bond motifs is 1. The van der Waals surface area contributed by atoms with Crippen LogP contribution in [0, 0.1) is 0 Å². The molecule has 2 aromatic heterocycles. The van der Waals surface area contributed by atoms with Gasteiger partial charge in [-0.1, -0.05) is 31.0 Å². The number of nitrogens with zero attached hydrogens (tertiary/aromatic N) is 2. The molecule has 24 heavy (non-hydrogen) atoms. The van der Waals surface area contributed by atoms with Gasteiger partial charge in [-0.05, 0) is 37.1 Å². The van der Waals surface area contributed by atoms with Crippen LogP contribution in [0.5, 0.6) is 0 Å². The first-order chi connectivity index (χ1) is 11.7. The summed E-state index contributed by atoms with van der Waals surface area (Å²) < 4.78 is 7.94. The van der Waals surface area contributed by atoms with Gasteiger partial charge in [0.15, 0.2) is 5.76 Å². The molecule has 0 radical (unpaired) electrons. The highest BCUT2D eigenvalue weighted by atomic mass is 16.3. The molecule has 1 amide bonds. The Kier molecular flexibility index (Phi) is 3.89. The number of benzene rings is 1. The average molecular weight is 322 g/mol. The maximum absolute atomic E-state index is 13.2. The summed E-state index contributed by atoms with van der Waals surface area (Å²) >= 11 is 0. The van der Waals surface area contributed by atoms with Gasteiger partial charge in [-0.15, -0.1) is 0 Å². The van der Waals surface area contributed by atoms with Crippen molar-refractivity contribution >= 4 is 16.9 Å². The van der Waals surface area contributed by atoms with Crippen molar-refractivity contribution in [2.45, 2.75) is 31.7 Å². The van der Waals surface area contributed by atoms with Crippen LogP contribution >= 0.6 is 0 Å². The maximum atomic E-state index is 13.2. The second-order valence-corrected chi connectivity index (χ2v) is 6.56. The summed E-state index contributed by atoms with van der Waals surface area (Å²) in [7, 11) is 2.05. The molecule has 0 saturated carbocycles. The lowest BCUT2D eigenvalue weighted by Gasteiger charge is -2.30. The van der Waals surface area contributed by atoms with E-state index in [4.69, 9.17) is 4.42 Å². The normalized spacial score (nSPS) is 18.7. The molecular weight excluding hydrogens is 300 g/mol. The molecule has 0 spiro atoms. The number of carbonyl (C=O) groups excluding carboxylic acids is 1. The Morgan fingerprint density at radius 1 is 1.12 bits per heavy atom. The third kappa shape index (κ3) is 2.62. The van der Waals surface area contributed by atoms with Crippen molar-refractivity contribution < 1.29 is 9.21 Å². The minimum atomic E-state index is -0.000648. The van der Waals surface area contributed by atoms with Crippen molar-refractivity contribution in [2.75, 3.05) is 6.54 Å². The average Bonchev–Trinajstić information content (AvgIpc) is 3.13. The number of furan rings is 1. The van der Waals surface area contributed by atoms with Gasteiger partial charge in [0.2, 0.25) is 0 Å². The molecule has 124 valence electrons. The van der Waals surface area contributed by atoms with E-state index < -0.39 is 0 Å². The smallest absolute Gasteiger partial charge is 0.290 e. The summed E-state index contributed by atoms with van der Waals surface area (Å²) in [5.41, 5.74) is 1.97. The van der Waals surface area contributed by atoms with Gasteiger partial charge in [-0.3, -0.25) is 4.79 Å².